The van der Waals surface area contributed by atoms with E-state index in [-0.39, 0.29) is 0 Å². The van der Waals surface area contributed by atoms with E-state index in [1.807, 2.05) is 6.20 Å². The zero-order valence-corrected chi connectivity index (χ0v) is 19.5. The number of pyridine rings is 1. The van der Waals surface area contributed by atoms with Gasteiger partial charge in [-0.3, -0.25) is 9.97 Å². The van der Waals surface area contributed by atoms with Crippen LogP contribution in [0.1, 0.15) is 68.7 Å². The van der Waals surface area contributed by atoms with Crippen molar-refractivity contribution in [3.8, 4) is 11.3 Å². The van der Waals surface area contributed by atoms with Gasteiger partial charge >= 0.3 is 0 Å². The number of ether oxygens (including phenoxy) is 1. The summed E-state index contributed by atoms with van der Waals surface area (Å²) in [5.74, 6) is 2.74. The van der Waals surface area contributed by atoms with Crippen LogP contribution in [0.2, 0.25) is 5.02 Å². The Morgan fingerprint density at radius 1 is 0.969 bits per heavy atom. The third kappa shape index (κ3) is 5.41. The number of rotatable bonds is 7. The molecule has 1 saturated heterocycles. The van der Waals surface area contributed by atoms with E-state index < -0.39 is 0 Å². The number of nitrogens with one attached hydrogen (secondary N) is 1. The summed E-state index contributed by atoms with van der Waals surface area (Å²) in [6, 6.07) is 2.48. The highest BCUT2D eigenvalue weighted by atomic mass is 35.5. The molecule has 3 heterocycles. The highest BCUT2D eigenvalue weighted by molar-refractivity contribution is 6.33. The number of nitrogens with zero attached hydrogens (tertiary/aromatic N) is 3. The Balaban J connectivity index is 1.35. The lowest BCUT2D eigenvalue weighted by molar-refractivity contribution is 0.0699. The van der Waals surface area contributed by atoms with Crippen LogP contribution in [-0.2, 0) is 11.2 Å². The fourth-order valence-electron chi connectivity index (χ4n) is 4.98. The molecule has 7 heteroatoms. The van der Waals surface area contributed by atoms with Gasteiger partial charge in [-0.25, -0.2) is 4.98 Å². The van der Waals surface area contributed by atoms with E-state index in [1.165, 1.54) is 25.7 Å². The Morgan fingerprint density at radius 2 is 1.75 bits per heavy atom. The third-order valence-corrected chi connectivity index (χ3v) is 7.54. The van der Waals surface area contributed by atoms with Crippen molar-refractivity contribution >= 4 is 17.4 Å². The van der Waals surface area contributed by atoms with Crippen molar-refractivity contribution in [3.63, 3.8) is 0 Å². The molecular formula is C25H34ClN5O. The van der Waals surface area contributed by atoms with Crippen LogP contribution in [0.5, 0.6) is 0 Å². The van der Waals surface area contributed by atoms with Gasteiger partial charge in [-0.1, -0.05) is 11.6 Å². The molecule has 2 saturated carbocycles. The number of anilines is 1. The zero-order valence-electron chi connectivity index (χ0n) is 18.7. The fraction of sp³-hybridized carbons (Fsp3) is 0.640. The summed E-state index contributed by atoms with van der Waals surface area (Å²) in [6.07, 6.45) is 13.8. The highest BCUT2D eigenvalue weighted by Gasteiger charge is 2.29. The average Bonchev–Trinajstić information content (AvgIpc) is 3.66. The first-order chi connectivity index (χ1) is 15.7. The van der Waals surface area contributed by atoms with E-state index >= 15 is 0 Å². The summed E-state index contributed by atoms with van der Waals surface area (Å²) in [5.41, 5.74) is 10.0. The molecule has 0 unspecified atom stereocenters. The molecule has 32 heavy (non-hydrogen) atoms. The van der Waals surface area contributed by atoms with Crippen molar-refractivity contribution in [1.82, 2.24) is 15.0 Å². The number of nitrogens with two attached hydrogens (primary N) is 1. The summed E-state index contributed by atoms with van der Waals surface area (Å²) in [4.78, 5) is 14.5. The molecule has 1 aliphatic heterocycles. The van der Waals surface area contributed by atoms with Crippen LogP contribution in [0.25, 0.3) is 11.3 Å². The van der Waals surface area contributed by atoms with Crippen LogP contribution in [0, 0.1) is 11.8 Å². The smallest absolute Gasteiger partial charge is 0.148 e. The molecule has 3 fully saturated rings. The normalized spacial score (nSPS) is 24.4. The molecule has 6 nitrogen and oxygen atoms in total. The molecule has 0 radical (unpaired) electrons. The second kappa shape index (κ2) is 10.0. The number of halogens is 1. The lowest BCUT2D eigenvalue weighted by Crippen LogP contribution is -2.27. The number of aromatic nitrogens is 3. The van der Waals surface area contributed by atoms with Gasteiger partial charge in [0.15, 0.2) is 0 Å². The van der Waals surface area contributed by atoms with Crippen molar-refractivity contribution in [2.75, 3.05) is 25.1 Å². The van der Waals surface area contributed by atoms with Gasteiger partial charge in [0.05, 0.1) is 22.6 Å². The molecule has 2 aromatic heterocycles. The Bertz CT molecular complexity index is 921. The molecule has 2 aliphatic carbocycles. The van der Waals surface area contributed by atoms with E-state index in [0.717, 1.165) is 80.3 Å². The predicted octanol–water partition coefficient (Wildman–Crippen LogP) is 4.97. The first kappa shape index (κ1) is 22.1. The van der Waals surface area contributed by atoms with Gasteiger partial charge in [0.2, 0.25) is 0 Å². The van der Waals surface area contributed by atoms with Crippen LogP contribution in [0.15, 0.2) is 18.5 Å². The van der Waals surface area contributed by atoms with Crippen LogP contribution in [0.4, 0.5) is 5.82 Å². The van der Waals surface area contributed by atoms with Crippen molar-refractivity contribution in [2.24, 2.45) is 17.6 Å². The lowest BCUT2D eigenvalue weighted by Gasteiger charge is -2.25. The summed E-state index contributed by atoms with van der Waals surface area (Å²) in [5, 5.41) is 4.25. The Kier molecular flexibility index (Phi) is 6.91. The Hall–Kier alpha value is -1.76. The Labute approximate surface area is 195 Å². The first-order valence-electron chi connectivity index (χ1n) is 12.2. The average molecular weight is 456 g/mol. The van der Waals surface area contributed by atoms with Gasteiger partial charge in [0.1, 0.15) is 5.82 Å². The lowest BCUT2D eigenvalue weighted by atomic mass is 9.83. The molecule has 5 rings (SSSR count). The largest absolute Gasteiger partial charge is 0.381 e. The van der Waals surface area contributed by atoms with Gasteiger partial charge in [0, 0.05) is 49.2 Å². The van der Waals surface area contributed by atoms with Crippen molar-refractivity contribution in [1.29, 1.82) is 0 Å². The minimum absolute atomic E-state index is 0.368. The van der Waals surface area contributed by atoms with E-state index in [4.69, 9.17) is 32.0 Å². The molecule has 3 aliphatic rings. The van der Waals surface area contributed by atoms with Crippen molar-refractivity contribution in [3.05, 3.63) is 34.9 Å². The fourth-order valence-corrected chi connectivity index (χ4v) is 5.18. The number of hydrogen-bond acceptors (Lipinski definition) is 6. The molecule has 0 amide bonds. The van der Waals surface area contributed by atoms with Crippen LogP contribution >= 0.6 is 11.6 Å². The SMILES string of the molecule is NC1CCC(Cc2cc(-c3cnc(C4CC4)c(NCC4CCOCC4)n3)c(Cl)cn2)CC1. The minimum Gasteiger partial charge on any atom is -0.381 e. The summed E-state index contributed by atoms with van der Waals surface area (Å²) >= 11 is 6.58. The first-order valence-corrected chi connectivity index (χ1v) is 12.6. The highest BCUT2D eigenvalue weighted by Crippen LogP contribution is 2.42. The molecule has 0 bridgehead atoms. The van der Waals surface area contributed by atoms with Crippen LogP contribution in [0.3, 0.4) is 0 Å². The van der Waals surface area contributed by atoms with Gasteiger partial charge in [0.25, 0.3) is 0 Å². The Morgan fingerprint density at radius 3 is 2.50 bits per heavy atom. The number of hydrogen-bond donors (Lipinski definition) is 2. The minimum atomic E-state index is 0.368. The molecule has 0 aromatic carbocycles. The molecule has 172 valence electrons. The van der Waals surface area contributed by atoms with Gasteiger partial charge < -0.3 is 15.8 Å². The second-order valence-corrected chi connectivity index (χ2v) is 10.2. The predicted molar refractivity (Wildman–Crippen MR) is 128 cm³/mol. The van der Waals surface area contributed by atoms with E-state index in [9.17, 15) is 0 Å². The van der Waals surface area contributed by atoms with Crippen LogP contribution < -0.4 is 11.1 Å². The maximum Gasteiger partial charge on any atom is 0.148 e. The van der Waals surface area contributed by atoms with Crippen molar-refractivity contribution < 1.29 is 4.74 Å². The quantitative estimate of drug-likeness (QED) is 0.613. The topological polar surface area (TPSA) is 86.0 Å². The summed E-state index contributed by atoms with van der Waals surface area (Å²) in [7, 11) is 0. The summed E-state index contributed by atoms with van der Waals surface area (Å²) < 4.78 is 5.50. The van der Waals surface area contributed by atoms with E-state index in [2.05, 4.69) is 16.4 Å². The van der Waals surface area contributed by atoms with Crippen LogP contribution in [-0.4, -0.2) is 40.8 Å². The molecule has 2 aromatic rings. The maximum atomic E-state index is 6.58. The molecule has 0 spiro atoms. The maximum absolute atomic E-state index is 6.58. The molecular weight excluding hydrogens is 422 g/mol. The van der Waals surface area contributed by atoms with Gasteiger partial charge in [-0.15, -0.1) is 0 Å². The monoisotopic (exact) mass is 455 g/mol. The summed E-state index contributed by atoms with van der Waals surface area (Å²) in [6.45, 7) is 2.63. The third-order valence-electron chi connectivity index (χ3n) is 7.24. The molecule has 0 atom stereocenters. The van der Waals surface area contributed by atoms with E-state index in [0.29, 0.717) is 28.8 Å². The zero-order chi connectivity index (χ0) is 21.9. The standard InChI is InChI=1S/C25H34ClN5O/c26-22-14-28-20(11-16-1-5-19(27)6-2-16)12-21(22)23-15-29-24(18-3-4-18)25(31-23)30-13-17-7-9-32-10-8-17/h12,14-19H,1-11,13,27H2,(H,30,31). The van der Waals surface area contributed by atoms with Crippen molar-refractivity contribution in [2.45, 2.75) is 69.7 Å². The second-order valence-electron chi connectivity index (χ2n) is 9.84. The molecule has 3 N–H and O–H groups in total. The van der Waals surface area contributed by atoms with Gasteiger partial charge in [-0.2, -0.15) is 0 Å². The van der Waals surface area contributed by atoms with Gasteiger partial charge in [-0.05, 0) is 75.7 Å². The van der Waals surface area contributed by atoms with E-state index in [1.54, 1.807) is 6.20 Å².